The molecule has 1 fully saturated rings. The van der Waals surface area contributed by atoms with Crippen LogP contribution < -0.4 is 19.9 Å². The van der Waals surface area contributed by atoms with E-state index in [4.69, 9.17) is 9.72 Å². The van der Waals surface area contributed by atoms with E-state index in [-0.39, 0.29) is 11.8 Å². The lowest BCUT2D eigenvalue weighted by atomic mass is 10.1. The summed E-state index contributed by atoms with van der Waals surface area (Å²) in [5, 5.41) is 3.22. The third kappa shape index (κ3) is 4.19. The monoisotopic (exact) mass is 438 g/mol. The van der Waals surface area contributed by atoms with Crippen molar-refractivity contribution in [2.45, 2.75) is 38.1 Å². The second-order valence-electron chi connectivity index (χ2n) is 8.48. The quantitative estimate of drug-likeness (QED) is 0.767. The number of rotatable bonds is 5. The number of benzene rings is 1. The van der Waals surface area contributed by atoms with Crippen LogP contribution >= 0.6 is 0 Å². The van der Waals surface area contributed by atoms with E-state index in [2.05, 4.69) is 15.2 Å². The lowest BCUT2D eigenvalue weighted by Crippen LogP contribution is -2.34. The number of methoxy groups -OCH3 is 1. The van der Waals surface area contributed by atoms with Gasteiger partial charge in [-0.05, 0) is 31.0 Å². The molecule has 0 unspecified atom stereocenters. The summed E-state index contributed by atoms with van der Waals surface area (Å²) in [7, 11) is 6.76. The van der Waals surface area contributed by atoms with Crippen molar-refractivity contribution in [3.05, 3.63) is 30.0 Å². The van der Waals surface area contributed by atoms with E-state index in [0.29, 0.717) is 42.0 Å². The molecule has 1 aromatic carbocycles. The van der Waals surface area contributed by atoms with E-state index >= 15 is 0 Å². The number of hydrogen-bond donors (Lipinski definition) is 1. The minimum absolute atomic E-state index is 0.0684. The van der Waals surface area contributed by atoms with E-state index < -0.39 is 0 Å². The van der Waals surface area contributed by atoms with Crippen molar-refractivity contribution in [3.8, 4) is 5.75 Å². The zero-order valence-corrected chi connectivity index (χ0v) is 19.1. The van der Waals surface area contributed by atoms with Gasteiger partial charge in [0.2, 0.25) is 11.9 Å². The summed E-state index contributed by atoms with van der Waals surface area (Å²) in [5.41, 5.74) is 1.92. The molecule has 2 aromatic rings. The highest BCUT2D eigenvalue weighted by Gasteiger charge is 2.31. The minimum Gasteiger partial charge on any atom is -0.495 e. The standard InChI is InChI=1S/C23H30N6O3/c1-27(2)22(31)15-9-10-17(19(13-15)32-4)25-23-24-14-18-21(26-23)29(16-7-5-6-8-16)12-11-20(30)28(18)3/h9-10,13-14,16H,5-8,11-12H2,1-4H3,(H,24,25,26). The van der Waals surface area contributed by atoms with Gasteiger partial charge in [0.1, 0.15) is 11.4 Å². The summed E-state index contributed by atoms with van der Waals surface area (Å²) >= 11 is 0. The number of amides is 2. The van der Waals surface area contributed by atoms with E-state index in [1.165, 1.54) is 17.7 Å². The van der Waals surface area contributed by atoms with Crippen molar-refractivity contribution < 1.29 is 14.3 Å². The maximum absolute atomic E-state index is 12.5. The number of carbonyl (C=O) groups is 2. The molecule has 1 N–H and O–H groups in total. The second kappa shape index (κ2) is 9.02. The van der Waals surface area contributed by atoms with Gasteiger partial charge in [0, 0.05) is 45.7 Å². The van der Waals surface area contributed by atoms with Crippen molar-refractivity contribution in [3.63, 3.8) is 0 Å². The minimum atomic E-state index is -0.101. The van der Waals surface area contributed by atoms with Gasteiger partial charge in [0.05, 0.1) is 19.0 Å². The summed E-state index contributed by atoms with van der Waals surface area (Å²) in [6, 6.07) is 5.62. The zero-order chi connectivity index (χ0) is 22.8. The summed E-state index contributed by atoms with van der Waals surface area (Å²) in [4.78, 5) is 39.5. The number of carbonyl (C=O) groups excluding carboxylic acids is 2. The molecule has 170 valence electrons. The Labute approximate surface area is 188 Å². The van der Waals surface area contributed by atoms with Gasteiger partial charge in [-0.15, -0.1) is 0 Å². The lowest BCUT2D eigenvalue weighted by molar-refractivity contribution is -0.118. The Kier molecular flexibility index (Phi) is 6.16. The van der Waals surface area contributed by atoms with Crippen LogP contribution in [0.15, 0.2) is 24.4 Å². The first-order valence-electron chi connectivity index (χ1n) is 11.0. The molecule has 0 radical (unpaired) electrons. The molecule has 9 heteroatoms. The summed E-state index contributed by atoms with van der Waals surface area (Å²) in [6.45, 7) is 0.655. The summed E-state index contributed by atoms with van der Waals surface area (Å²) < 4.78 is 5.50. The molecule has 0 saturated heterocycles. The Bertz CT molecular complexity index is 1020. The van der Waals surface area contributed by atoms with Gasteiger partial charge in [0.15, 0.2) is 5.82 Å². The van der Waals surface area contributed by atoms with Crippen molar-refractivity contribution in [1.82, 2.24) is 14.9 Å². The predicted molar refractivity (Wildman–Crippen MR) is 124 cm³/mol. The van der Waals surface area contributed by atoms with Gasteiger partial charge in [-0.3, -0.25) is 9.59 Å². The van der Waals surface area contributed by atoms with Crippen LogP contribution in [0, 0.1) is 0 Å². The highest BCUT2D eigenvalue weighted by Crippen LogP contribution is 2.37. The van der Waals surface area contributed by atoms with Crippen LogP contribution in [-0.4, -0.2) is 67.5 Å². The molecule has 0 bridgehead atoms. The van der Waals surface area contributed by atoms with Gasteiger partial charge >= 0.3 is 0 Å². The molecule has 9 nitrogen and oxygen atoms in total. The summed E-state index contributed by atoms with van der Waals surface area (Å²) in [5.74, 6) is 1.69. The molecule has 1 aromatic heterocycles. The maximum Gasteiger partial charge on any atom is 0.253 e. The topological polar surface area (TPSA) is 90.9 Å². The number of anilines is 4. The summed E-state index contributed by atoms with van der Waals surface area (Å²) in [6.07, 6.45) is 6.78. The lowest BCUT2D eigenvalue weighted by Gasteiger charge is -2.30. The van der Waals surface area contributed by atoms with Crippen molar-refractivity contribution in [1.29, 1.82) is 0 Å². The van der Waals surface area contributed by atoms with Crippen LogP contribution in [-0.2, 0) is 4.79 Å². The van der Waals surface area contributed by atoms with Gasteiger partial charge in [0.25, 0.3) is 5.91 Å². The largest absolute Gasteiger partial charge is 0.495 e. The Balaban J connectivity index is 1.67. The molecule has 0 atom stereocenters. The van der Waals surface area contributed by atoms with Gasteiger partial charge in [-0.1, -0.05) is 12.8 Å². The van der Waals surface area contributed by atoms with Crippen LogP contribution in [0.5, 0.6) is 5.75 Å². The van der Waals surface area contributed by atoms with E-state index in [9.17, 15) is 9.59 Å². The first-order valence-corrected chi connectivity index (χ1v) is 11.0. The van der Waals surface area contributed by atoms with E-state index in [1.54, 1.807) is 57.5 Å². The van der Waals surface area contributed by atoms with Gasteiger partial charge < -0.3 is 24.8 Å². The maximum atomic E-state index is 12.5. The first kappa shape index (κ1) is 21.9. The van der Waals surface area contributed by atoms with E-state index in [1.807, 2.05) is 0 Å². The Morgan fingerprint density at radius 1 is 1.25 bits per heavy atom. The molecule has 1 aliphatic carbocycles. The van der Waals surface area contributed by atoms with Gasteiger partial charge in [-0.2, -0.15) is 4.98 Å². The van der Waals surface area contributed by atoms with Crippen LogP contribution in [0.3, 0.4) is 0 Å². The van der Waals surface area contributed by atoms with Crippen LogP contribution in [0.1, 0.15) is 42.5 Å². The first-order chi connectivity index (χ1) is 15.4. The molecule has 0 spiro atoms. The number of fused-ring (bicyclic) bond motifs is 1. The highest BCUT2D eigenvalue weighted by atomic mass is 16.5. The molecule has 4 rings (SSSR count). The number of aromatic nitrogens is 2. The normalized spacial score (nSPS) is 16.6. The predicted octanol–water partition coefficient (Wildman–Crippen LogP) is 3.05. The SMILES string of the molecule is COc1cc(C(=O)N(C)C)ccc1Nc1ncc2c(n1)N(C1CCCC1)CCC(=O)N2C. The molecule has 1 saturated carbocycles. The van der Waals surface area contributed by atoms with Gasteiger partial charge in [-0.25, -0.2) is 4.98 Å². The Morgan fingerprint density at radius 3 is 2.69 bits per heavy atom. The van der Waals surface area contributed by atoms with Crippen molar-refractivity contribution in [2.75, 3.05) is 49.9 Å². The molecular formula is C23H30N6O3. The van der Waals surface area contributed by atoms with Crippen molar-refractivity contribution in [2.24, 2.45) is 0 Å². The average molecular weight is 439 g/mol. The fourth-order valence-corrected chi connectivity index (χ4v) is 4.38. The van der Waals surface area contributed by atoms with E-state index in [0.717, 1.165) is 24.3 Å². The van der Waals surface area contributed by atoms with Crippen LogP contribution in [0.25, 0.3) is 0 Å². The third-order valence-corrected chi connectivity index (χ3v) is 6.19. The smallest absolute Gasteiger partial charge is 0.253 e. The number of nitrogens with one attached hydrogen (secondary N) is 1. The second-order valence-corrected chi connectivity index (χ2v) is 8.48. The number of hydrogen-bond acceptors (Lipinski definition) is 7. The fourth-order valence-electron chi connectivity index (χ4n) is 4.38. The Morgan fingerprint density at radius 2 is 2.00 bits per heavy atom. The molecule has 2 amide bonds. The van der Waals surface area contributed by atoms with Crippen molar-refractivity contribution >= 4 is 35.0 Å². The van der Waals surface area contributed by atoms with Crippen LogP contribution in [0.2, 0.25) is 0 Å². The number of ether oxygens (including phenoxy) is 1. The molecule has 1 aliphatic heterocycles. The zero-order valence-electron chi connectivity index (χ0n) is 19.1. The fraction of sp³-hybridized carbons (Fsp3) is 0.478. The van der Waals surface area contributed by atoms with Crippen LogP contribution in [0.4, 0.5) is 23.1 Å². The molecule has 2 aliphatic rings. The molecular weight excluding hydrogens is 408 g/mol. The highest BCUT2D eigenvalue weighted by molar-refractivity contribution is 5.97. The third-order valence-electron chi connectivity index (χ3n) is 6.19. The molecule has 32 heavy (non-hydrogen) atoms. The number of nitrogens with zero attached hydrogens (tertiary/aromatic N) is 5. The molecule has 2 heterocycles. The average Bonchev–Trinajstić information content (AvgIpc) is 3.29. The Hall–Kier alpha value is -3.36.